The van der Waals surface area contributed by atoms with Crippen molar-refractivity contribution in [1.29, 1.82) is 0 Å². The number of fused-ring (bicyclic) bond motifs is 2. The van der Waals surface area contributed by atoms with Gasteiger partial charge in [-0.15, -0.1) is 0 Å². The van der Waals surface area contributed by atoms with E-state index in [2.05, 4.69) is 31.2 Å². The second-order valence-corrected chi connectivity index (χ2v) is 10.3. The average Bonchev–Trinajstić information content (AvgIpc) is 3.62. The van der Waals surface area contributed by atoms with Gasteiger partial charge in [-0.1, -0.05) is 48.0 Å². The predicted octanol–water partition coefficient (Wildman–Crippen LogP) is 6.56. The minimum atomic E-state index is -4.40. The van der Waals surface area contributed by atoms with Crippen LogP contribution in [0.2, 0.25) is 5.02 Å². The van der Waals surface area contributed by atoms with Gasteiger partial charge in [0.15, 0.2) is 11.2 Å². The van der Waals surface area contributed by atoms with E-state index in [0.717, 1.165) is 17.7 Å². The molecule has 2 aromatic heterocycles. The summed E-state index contributed by atoms with van der Waals surface area (Å²) in [6.07, 6.45) is -4.40. The molecule has 0 aliphatic rings. The van der Waals surface area contributed by atoms with Crippen LogP contribution in [0.15, 0.2) is 103 Å². The summed E-state index contributed by atoms with van der Waals surface area (Å²) in [6.45, 7) is 0.401. The molecular weight excluding hydrogens is 645 g/mol. The van der Waals surface area contributed by atoms with Crippen LogP contribution in [0, 0.1) is 0 Å². The first kappa shape index (κ1) is 32.4. The van der Waals surface area contributed by atoms with Gasteiger partial charge in [0.05, 0.1) is 22.5 Å². The summed E-state index contributed by atoms with van der Waals surface area (Å²) in [5.74, 6) is -1.21. The Bertz CT molecular complexity index is 2140. The zero-order valence-corrected chi connectivity index (χ0v) is 24.7. The molecule has 0 bridgehead atoms. The highest BCUT2D eigenvalue weighted by Gasteiger charge is 2.29. The Morgan fingerprint density at radius 1 is 0.702 bits per heavy atom. The van der Waals surface area contributed by atoms with Gasteiger partial charge in [-0.05, 0) is 59.7 Å². The van der Waals surface area contributed by atoms with E-state index in [0.29, 0.717) is 45.1 Å². The van der Waals surface area contributed by atoms with Gasteiger partial charge in [0, 0.05) is 18.1 Å². The topological polar surface area (TPSA) is 174 Å². The third-order valence-corrected chi connectivity index (χ3v) is 6.75. The minimum Gasteiger partial charge on any atom is -0.408 e. The number of halogens is 4. The number of rotatable bonds is 6. The molecule has 12 nitrogen and oxygen atoms in total. The zero-order chi connectivity index (χ0) is 33.6. The maximum absolute atomic E-state index is 12.5. The van der Waals surface area contributed by atoms with Gasteiger partial charge in [0.1, 0.15) is 5.52 Å². The first-order valence-electron chi connectivity index (χ1n) is 13.7. The molecule has 0 saturated carbocycles. The van der Waals surface area contributed by atoms with Crippen molar-refractivity contribution in [3.05, 3.63) is 128 Å². The van der Waals surface area contributed by atoms with Crippen LogP contribution in [0.25, 0.3) is 22.2 Å². The summed E-state index contributed by atoms with van der Waals surface area (Å²) >= 11 is 5.80. The van der Waals surface area contributed by atoms with Crippen LogP contribution in [-0.2, 0) is 19.3 Å². The van der Waals surface area contributed by atoms with Gasteiger partial charge in [-0.3, -0.25) is 9.97 Å². The number of nitrogens with one attached hydrogen (secondary N) is 6. The molecule has 6 N–H and O–H groups in total. The highest BCUT2D eigenvalue weighted by molar-refractivity contribution is 6.30. The molecule has 0 aliphatic carbocycles. The van der Waals surface area contributed by atoms with Crippen LogP contribution in [0.4, 0.5) is 34.1 Å². The molecule has 6 aromatic rings. The molecule has 242 valence electrons. The molecule has 0 unspecified atom stereocenters. The smallest absolute Gasteiger partial charge is 0.408 e. The number of amides is 4. The van der Waals surface area contributed by atoms with E-state index in [9.17, 15) is 32.3 Å². The Labute approximate surface area is 266 Å². The first-order valence-corrected chi connectivity index (χ1v) is 14.1. The summed E-state index contributed by atoms with van der Waals surface area (Å²) in [7, 11) is 0. The third kappa shape index (κ3) is 8.61. The van der Waals surface area contributed by atoms with Gasteiger partial charge in [0.25, 0.3) is 0 Å². The van der Waals surface area contributed by atoms with Gasteiger partial charge in [0.2, 0.25) is 0 Å². The number of aromatic amines is 2. The van der Waals surface area contributed by atoms with Crippen LogP contribution in [0.3, 0.4) is 0 Å². The summed E-state index contributed by atoms with van der Waals surface area (Å²) in [5, 5.41) is 11.1. The van der Waals surface area contributed by atoms with E-state index in [1.165, 1.54) is 12.1 Å². The van der Waals surface area contributed by atoms with E-state index in [4.69, 9.17) is 20.4 Å². The molecule has 4 aromatic carbocycles. The number of carbonyl (C=O) groups is 2. The molecule has 47 heavy (non-hydrogen) atoms. The van der Waals surface area contributed by atoms with Crippen molar-refractivity contribution in [2.24, 2.45) is 0 Å². The van der Waals surface area contributed by atoms with Crippen LogP contribution in [0.5, 0.6) is 0 Å². The number of oxazole rings is 2. The summed E-state index contributed by atoms with van der Waals surface area (Å²) in [4.78, 5) is 51.3. The molecule has 0 aliphatic heterocycles. The fourth-order valence-corrected chi connectivity index (χ4v) is 4.39. The highest BCUT2D eigenvalue weighted by Crippen LogP contribution is 2.29. The maximum Gasteiger partial charge on any atom is 0.417 e. The van der Waals surface area contributed by atoms with E-state index in [1.807, 2.05) is 12.1 Å². The molecule has 2 heterocycles. The van der Waals surface area contributed by atoms with Crippen LogP contribution in [0.1, 0.15) is 16.7 Å². The molecule has 0 spiro atoms. The maximum atomic E-state index is 12.5. The van der Waals surface area contributed by atoms with Crippen LogP contribution < -0.4 is 32.8 Å². The van der Waals surface area contributed by atoms with E-state index in [-0.39, 0.29) is 18.2 Å². The number of benzene rings is 4. The number of hydrogen-bond acceptors (Lipinski definition) is 6. The van der Waals surface area contributed by atoms with Crippen molar-refractivity contribution in [2.45, 2.75) is 19.3 Å². The standard InChI is InChI=1S/C16H12F3N3O3.C15H12ClN3O3/c17-16(18,19)10-6-4-9(5-7-10)8-20-14(23)21-11-2-1-3-12-13(11)25-15(24)22-12;16-10-6-4-9(5-7-10)8-17-14(20)18-11-2-1-3-12-13(11)19-15(21)22-12/h1-7H,8H2,(H,22,24)(H2,20,21,23);1-7H,8H2,(H,19,21)(H2,17,18,20). The summed E-state index contributed by atoms with van der Waals surface area (Å²) in [6, 6.07) is 20.5. The van der Waals surface area contributed by atoms with Crippen molar-refractivity contribution in [3.8, 4) is 0 Å². The zero-order valence-electron chi connectivity index (χ0n) is 24.0. The van der Waals surface area contributed by atoms with Crippen LogP contribution >= 0.6 is 11.6 Å². The number of urea groups is 2. The van der Waals surface area contributed by atoms with Crippen molar-refractivity contribution >= 4 is 57.2 Å². The summed E-state index contributed by atoms with van der Waals surface area (Å²) in [5.41, 5.74) is 2.92. The molecule has 0 saturated heterocycles. The quantitative estimate of drug-likeness (QED) is 0.117. The van der Waals surface area contributed by atoms with Gasteiger partial charge in [-0.25, -0.2) is 19.2 Å². The SMILES string of the molecule is O=C(NCc1ccc(C(F)(F)F)cc1)Nc1cccc2[nH]c(=O)oc12.O=C(NCc1ccc(Cl)cc1)Nc1cccc2oc(=O)[nH]c12. The molecule has 16 heteroatoms. The lowest BCUT2D eigenvalue weighted by Gasteiger charge is -2.09. The Balaban J connectivity index is 0.000000186. The number of alkyl halides is 3. The van der Waals surface area contributed by atoms with Crippen molar-refractivity contribution in [3.63, 3.8) is 0 Å². The predicted molar refractivity (Wildman–Crippen MR) is 168 cm³/mol. The monoisotopic (exact) mass is 668 g/mol. The molecule has 0 atom stereocenters. The lowest BCUT2D eigenvalue weighted by atomic mass is 10.1. The number of anilines is 2. The summed E-state index contributed by atoms with van der Waals surface area (Å²) < 4.78 is 47.4. The molecule has 4 amide bonds. The minimum absolute atomic E-state index is 0.0387. The molecule has 0 fully saturated rings. The molecular formula is C31H24ClF3N6O6. The first-order chi connectivity index (χ1) is 22.4. The highest BCUT2D eigenvalue weighted by atomic mass is 35.5. The lowest BCUT2D eigenvalue weighted by Crippen LogP contribution is -2.28. The Morgan fingerprint density at radius 3 is 1.89 bits per heavy atom. The van der Waals surface area contributed by atoms with Gasteiger partial charge >= 0.3 is 29.8 Å². The Morgan fingerprint density at radius 2 is 1.26 bits per heavy atom. The van der Waals surface area contributed by atoms with Gasteiger partial charge in [-0.2, -0.15) is 13.2 Å². The van der Waals surface area contributed by atoms with E-state index >= 15 is 0 Å². The van der Waals surface area contributed by atoms with Gasteiger partial charge < -0.3 is 30.1 Å². The van der Waals surface area contributed by atoms with Crippen molar-refractivity contribution in [1.82, 2.24) is 20.6 Å². The number of hydrogen-bond donors (Lipinski definition) is 6. The second kappa shape index (κ2) is 14.0. The lowest BCUT2D eigenvalue weighted by molar-refractivity contribution is -0.137. The number of H-pyrrole nitrogens is 2. The third-order valence-electron chi connectivity index (χ3n) is 6.50. The second-order valence-electron chi connectivity index (χ2n) is 9.83. The average molecular weight is 669 g/mol. The number of carbonyl (C=O) groups excluding carboxylic acids is 2. The van der Waals surface area contributed by atoms with E-state index in [1.54, 1.807) is 48.5 Å². The Kier molecular flexibility index (Phi) is 9.66. The van der Waals surface area contributed by atoms with Crippen molar-refractivity contribution in [2.75, 3.05) is 10.6 Å². The largest absolute Gasteiger partial charge is 0.417 e. The number of para-hydroxylation sites is 2. The van der Waals surface area contributed by atoms with Crippen LogP contribution in [-0.4, -0.2) is 22.0 Å². The Hall–Kier alpha value is -5.96. The fraction of sp³-hybridized carbons (Fsp3) is 0.0968. The van der Waals surface area contributed by atoms with E-state index < -0.39 is 29.3 Å². The van der Waals surface area contributed by atoms with Crippen molar-refractivity contribution < 1.29 is 31.6 Å². The number of aromatic nitrogens is 2. The molecule has 6 rings (SSSR count). The molecule has 0 radical (unpaired) electrons. The normalized spacial score (nSPS) is 11.1. The fourth-order valence-electron chi connectivity index (χ4n) is 4.26.